The summed E-state index contributed by atoms with van der Waals surface area (Å²) in [6.07, 6.45) is 1.66. The smallest absolute Gasteiger partial charge is 0.235 e. The van der Waals surface area contributed by atoms with Gasteiger partial charge in [-0.1, -0.05) is 13.0 Å². The summed E-state index contributed by atoms with van der Waals surface area (Å²) in [5.41, 5.74) is 0. The van der Waals surface area contributed by atoms with Crippen molar-refractivity contribution in [2.75, 3.05) is 12.8 Å². The predicted molar refractivity (Wildman–Crippen MR) is 50.0 cm³/mol. The molecule has 2 atom stereocenters. The number of nitrogens with one attached hydrogen (secondary N) is 2. The van der Waals surface area contributed by atoms with E-state index in [0.29, 0.717) is 5.75 Å². The van der Waals surface area contributed by atoms with Gasteiger partial charge in [-0.15, -0.1) is 0 Å². The van der Waals surface area contributed by atoms with Crippen LogP contribution in [0.4, 0.5) is 0 Å². The molecule has 0 aliphatic heterocycles. The molecule has 0 saturated carbocycles. The largest absolute Gasteiger partial charge is 0.540 e. The van der Waals surface area contributed by atoms with Crippen LogP contribution in [0.1, 0.15) is 6.92 Å². The van der Waals surface area contributed by atoms with Crippen LogP contribution >= 0.6 is 12.6 Å². The zero-order valence-corrected chi connectivity index (χ0v) is 11.4. The molecule has 0 rings (SSSR count). The Morgan fingerprint density at radius 3 is 2.46 bits per heavy atom. The Morgan fingerprint density at radius 2 is 2.15 bits per heavy atom. The minimum absolute atomic E-state index is 0. The molecule has 0 aliphatic carbocycles. The van der Waals surface area contributed by atoms with Gasteiger partial charge in [-0.25, -0.2) is 6.29 Å². The van der Waals surface area contributed by atoms with Crippen LogP contribution in [0.15, 0.2) is 0 Å². The van der Waals surface area contributed by atoms with E-state index in [1.807, 2.05) is 0 Å². The van der Waals surface area contributed by atoms with Crippen molar-refractivity contribution in [2.24, 2.45) is 0 Å². The second-order valence-electron chi connectivity index (χ2n) is 2.37. The number of hydrogen-bond donors (Lipinski definition) is 3. The molecule has 0 aromatic carbocycles. The number of amides is 1. The zero-order valence-electron chi connectivity index (χ0n) is 7.70. The van der Waals surface area contributed by atoms with Gasteiger partial charge in [-0.05, 0) is 7.05 Å². The van der Waals surface area contributed by atoms with E-state index in [-0.39, 0.29) is 44.7 Å². The molecule has 0 spiro atoms. The van der Waals surface area contributed by atoms with Crippen molar-refractivity contribution in [1.82, 2.24) is 10.6 Å². The van der Waals surface area contributed by atoms with Crippen LogP contribution in [0.2, 0.25) is 0 Å². The molecule has 0 bridgehead atoms. The van der Waals surface area contributed by atoms with Crippen LogP contribution in [-0.4, -0.2) is 37.1 Å². The standard InChI is InChI=1S/C7H13N2O2S.Y/c1-5(3-10)9-7(11)6(4-12)8-2;/h5-6,8,12H,4H2,1-2H3,(H,9,11);/q-1;. The Balaban J connectivity index is 0. The summed E-state index contributed by atoms with van der Waals surface area (Å²) in [4.78, 5) is 21.2. The van der Waals surface area contributed by atoms with Crippen LogP contribution in [-0.2, 0) is 42.3 Å². The van der Waals surface area contributed by atoms with E-state index >= 15 is 0 Å². The summed E-state index contributed by atoms with van der Waals surface area (Å²) in [6.45, 7) is 1.57. The molecule has 0 heterocycles. The topological polar surface area (TPSA) is 58.2 Å². The fraction of sp³-hybridized carbons (Fsp3) is 0.714. The van der Waals surface area contributed by atoms with Gasteiger partial charge in [0.15, 0.2) is 0 Å². The molecule has 2 unspecified atom stereocenters. The Morgan fingerprint density at radius 1 is 1.62 bits per heavy atom. The van der Waals surface area contributed by atoms with Gasteiger partial charge < -0.3 is 15.4 Å². The maximum absolute atomic E-state index is 11.2. The first-order chi connectivity index (χ1) is 5.65. The fourth-order valence-corrected chi connectivity index (χ4v) is 0.997. The van der Waals surface area contributed by atoms with Crippen molar-refractivity contribution in [3.63, 3.8) is 0 Å². The molecule has 6 heteroatoms. The molecule has 73 valence electrons. The average Bonchev–Trinajstić information content (AvgIpc) is 2.06. The first kappa shape index (κ1) is 16.0. The summed E-state index contributed by atoms with van der Waals surface area (Å²) in [5.74, 6) is 0.164. The Kier molecular flexibility index (Phi) is 11.2. The minimum atomic E-state index is -0.562. The third-order valence-corrected chi connectivity index (χ3v) is 1.75. The van der Waals surface area contributed by atoms with Crippen LogP contribution in [0.5, 0.6) is 0 Å². The number of hydrogen-bond acceptors (Lipinski definition) is 4. The molecule has 0 fully saturated rings. The van der Waals surface area contributed by atoms with Gasteiger partial charge in [0.1, 0.15) is 0 Å². The van der Waals surface area contributed by atoms with Crippen molar-refractivity contribution in [3.05, 3.63) is 0 Å². The Bertz CT molecular complexity index is 165. The molecule has 0 aliphatic rings. The summed E-state index contributed by atoms with van der Waals surface area (Å²) < 4.78 is 0. The van der Waals surface area contributed by atoms with Gasteiger partial charge in [0.25, 0.3) is 0 Å². The molecule has 1 amide bonds. The second-order valence-corrected chi connectivity index (χ2v) is 2.74. The zero-order chi connectivity index (χ0) is 9.56. The van der Waals surface area contributed by atoms with Gasteiger partial charge in [-0.3, -0.25) is 4.79 Å². The molecule has 0 saturated heterocycles. The van der Waals surface area contributed by atoms with E-state index in [9.17, 15) is 9.59 Å². The maximum atomic E-state index is 11.2. The second kappa shape index (κ2) is 9.12. The molecule has 2 N–H and O–H groups in total. The van der Waals surface area contributed by atoms with Crippen molar-refractivity contribution in [1.29, 1.82) is 0 Å². The van der Waals surface area contributed by atoms with E-state index in [2.05, 4.69) is 23.3 Å². The summed E-state index contributed by atoms with van der Waals surface area (Å²) in [5, 5.41) is 5.22. The number of rotatable bonds is 5. The third kappa shape index (κ3) is 6.60. The molecular weight excluding hydrogens is 265 g/mol. The van der Waals surface area contributed by atoms with E-state index in [0.717, 1.165) is 0 Å². The molecule has 0 aromatic heterocycles. The minimum Gasteiger partial charge on any atom is -0.540 e. The van der Waals surface area contributed by atoms with Crippen molar-refractivity contribution in [2.45, 2.75) is 19.0 Å². The normalized spacial score (nSPS) is 13.8. The van der Waals surface area contributed by atoms with Crippen molar-refractivity contribution >= 4 is 24.8 Å². The Labute approximate surface area is 109 Å². The van der Waals surface area contributed by atoms with Gasteiger partial charge in [0, 0.05) is 38.5 Å². The monoisotopic (exact) mass is 278 g/mol. The van der Waals surface area contributed by atoms with Crippen LogP contribution < -0.4 is 10.6 Å². The number of likely N-dealkylation sites (N-methyl/N-ethyl adjacent to an activating group) is 1. The molecule has 0 aromatic rings. The van der Waals surface area contributed by atoms with Crippen molar-refractivity contribution in [3.8, 4) is 0 Å². The fourth-order valence-electron chi connectivity index (χ4n) is 0.649. The Hall–Kier alpha value is 0.554. The van der Waals surface area contributed by atoms with E-state index in [1.165, 1.54) is 0 Å². The molecule has 4 nitrogen and oxygen atoms in total. The third-order valence-electron chi connectivity index (χ3n) is 1.38. The summed E-state index contributed by atoms with van der Waals surface area (Å²) >= 11 is 3.96. The molecular formula is C7H13N2O2SY-. The van der Waals surface area contributed by atoms with E-state index in [1.54, 1.807) is 20.3 Å². The van der Waals surface area contributed by atoms with E-state index in [4.69, 9.17) is 0 Å². The van der Waals surface area contributed by atoms with Gasteiger partial charge in [-0.2, -0.15) is 12.6 Å². The maximum Gasteiger partial charge on any atom is 0.235 e. The molecule has 1 radical (unpaired) electrons. The number of thiol groups is 1. The van der Waals surface area contributed by atoms with Crippen LogP contribution in [0, 0.1) is 0 Å². The van der Waals surface area contributed by atoms with E-state index < -0.39 is 6.04 Å². The SMILES string of the molecule is CNC(CS)C(=O)NC(C)[C-]=O.[Y]. The van der Waals surface area contributed by atoms with Gasteiger partial charge in [0.2, 0.25) is 5.91 Å². The van der Waals surface area contributed by atoms with Crippen LogP contribution in [0.3, 0.4) is 0 Å². The quantitative estimate of drug-likeness (QED) is 0.452. The molecule has 13 heavy (non-hydrogen) atoms. The average molecular weight is 278 g/mol. The van der Waals surface area contributed by atoms with Crippen molar-refractivity contribution < 1.29 is 42.3 Å². The van der Waals surface area contributed by atoms with Gasteiger partial charge in [0.05, 0.1) is 6.04 Å². The number of carbonyl (C=O) groups is 1. The van der Waals surface area contributed by atoms with Crippen LogP contribution in [0.25, 0.3) is 0 Å². The summed E-state index contributed by atoms with van der Waals surface area (Å²) in [7, 11) is 1.66. The first-order valence-electron chi connectivity index (χ1n) is 3.61. The number of carbonyl (C=O) groups excluding carboxylic acids is 2. The summed E-state index contributed by atoms with van der Waals surface area (Å²) in [6, 6.07) is -0.919. The predicted octanol–water partition coefficient (Wildman–Crippen LogP) is -0.884. The first-order valence-corrected chi connectivity index (χ1v) is 4.25. The van der Waals surface area contributed by atoms with Gasteiger partial charge >= 0.3 is 0 Å².